The standard InChI is InChI=1S/C15H15NO3/c17-15(18)13-7-4-9-16-14(13)8-10-19-11-12-5-2-1-3-6-12/h1-7,9H,8,10-11H2,(H,17,18). The fourth-order valence-electron chi connectivity index (χ4n) is 1.77. The van der Waals surface area contributed by atoms with E-state index in [2.05, 4.69) is 4.98 Å². The quantitative estimate of drug-likeness (QED) is 0.808. The zero-order valence-corrected chi connectivity index (χ0v) is 10.5. The van der Waals surface area contributed by atoms with E-state index in [-0.39, 0.29) is 5.56 Å². The molecular formula is C15H15NO3. The smallest absolute Gasteiger partial charge is 0.337 e. The van der Waals surface area contributed by atoms with Gasteiger partial charge in [-0.3, -0.25) is 4.98 Å². The van der Waals surface area contributed by atoms with Gasteiger partial charge in [0.25, 0.3) is 0 Å². The van der Waals surface area contributed by atoms with E-state index in [0.717, 1.165) is 5.56 Å². The second kappa shape index (κ2) is 6.66. The fourth-order valence-corrected chi connectivity index (χ4v) is 1.77. The van der Waals surface area contributed by atoms with Crippen molar-refractivity contribution in [2.24, 2.45) is 0 Å². The number of rotatable bonds is 6. The van der Waals surface area contributed by atoms with Crippen LogP contribution < -0.4 is 0 Å². The molecule has 0 aliphatic rings. The third-order valence-corrected chi connectivity index (χ3v) is 2.72. The van der Waals surface area contributed by atoms with Crippen LogP contribution in [-0.2, 0) is 17.8 Å². The highest BCUT2D eigenvalue weighted by molar-refractivity contribution is 5.88. The Hall–Kier alpha value is -2.20. The van der Waals surface area contributed by atoms with Gasteiger partial charge < -0.3 is 9.84 Å². The van der Waals surface area contributed by atoms with Crippen molar-refractivity contribution in [3.8, 4) is 0 Å². The number of ether oxygens (including phenoxy) is 1. The van der Waals surface area contributed by atoms with Gasteiger partial charge in [-0.15, -0.1) is 0 Å². The van der Waals surface area contributed by atoms with E-state index in [1.165, 1.54) is 0 Å². The minimum absolute atomic E-state index is 0.241. The van der Waals surface area contributed by atoms with Crippen LogP contribution >= 0.6 is 0 Å². The minimum Gasteiger partial charge on any atom is -0.478 e. The molecule has 98 valence electrons. The van der Waals surface area contributed by atoms with E-state index >= 15 is 0 Å². The van der Waals surface area contributed by atoms with Crippen LogP contribution in [-0.4, -0.2) is 22.7 Å². The molecule has 2 rings (SSSR count). The number of hydrogen-bond donors (Lipinski definition) is 1. The number of nitrogens with zero attached hydrogens (tertiary/aromatic N) is 1. The summed E-state index contributed by atoms with van der Waals surface area (Å²) >= 11 is 0. The van der Waals surface area contributed by atoms with Crippen LogP contribution in [0.3, 0.4) is 0 Å². The van der Waals surface area contributed by atoms with E-state index < -0.39 is 5.97 Å². The van der Waals surface area contributed by atoms with Gasteiger partial charge in [0.05, 0.1) is 24.5 Å². The third kappa shape index (κ3) is 3.89. The average molecular weight is 257 g/mol. The summed E-state index contributed by atoms with van der Waals surface area (Å²) in [6.07, 6.45) is 2.09. The largest absolute Gasteiger partial charge is 0.478 e. The van der Waals surface area contributed by atoms with Crippen LogP contribution in [0.25, 0.3) is 0 Å². The Bertz CT molecular complexity index is 540. The molecule has 0 atom stereocenters. The van der Waals surface area contributed by atoms with Gasteiger partial charge in [-0.2, -0.15) is 0 Å². The molecule has 0 saturated heterocycles. The summed E-state index contributed by atoms with van der Waals surface area (Å²) in [4.78, 5) is 15.1. The molecule has 2 aromatic rings. The summed E-state index contributed by atoms with van der Waals surface area (Å²) in [5, 5.41) is 9.02. The lowest BCUT2D eigenvalue weighted by atomic mass is 10.1. The zero-order valence-electron chi connectivity index (χ0n) is 10.5. The lowest BCUT2D eigenvalue weighted by Gasteiger charge is -2.06. The van der Waals surface area contributed by atoms with Crippen molar-refractivity contribution in [3.63, 3.8) is 0 Å². The molecule has 0 unspecified atom stereocenters. The van der Waals surface area contributed by atoms with E-state index in [0.29, 0.717) is 25.3 Å². The molecule has 0 bridgehead atoms. The van der Waals surface area contributed by atoms with Crippen LogP contribution in [0, 0.1) is 0 Å². The van der Waals surface area contributed by atoms with Crippen molar-refractivity contribution in [2.45, 2.75) is 13.0 Å². The second-order valence-electron chi connectivity index (χ2n) is 4.09. The summed E-state index contributed by atoms with van der Waals surface area (Å²) in [6.45, 7) is 0.974. The van der Waals surface area contributed by atoms with Crippen LogP contribution in [0.4, 0.5) is 0 Å². The van der Waals surface area contributed by atoms with Crippen LogP contribution in [0.15, 0.2) is 48.7 Å². The molecule has 0 fully saturated rings. The number of aromatic carboxylic acids is 1. The first-order chi connectivity index (χ1) is 9.27. The predicted molar refractivity (Wildman–Crippen MR) is 71.0 cm³/mol. The summed E-state index contributed by atoms with van der Waals surface area (Å²) in [5.41, 5.74) is 1.90. The lowest BCUT2D eigenvalue weighted by molar-refractivity contribution is 0.0693. The Morgan fingerprint density at radius 2 is 1.95 bits per heavy atom. The number of aromatic nitrogens is 1. The third-order valence-electron chi connectivity index (χ3n) is 2.72. The first kappa shape index (κ1) is 13.2. The Labute approximate surface area is 111 Å². The molecule has 0 aliphatic carbocycles. The average Bonchev–Trinajstić information content (AvgIpc) is 2.45. The number of benzene rings is 1. The minimum atomic E-state index is -0.953. The first-order valence-corrected chi connectivity index (χ1v) is 6.06. The van der Waals surface area contributed by atoms with Crippen molar-refractivity contribution >= 4 is 5.97 Å². The molecule has 1 N–H and O–H groups in total. The number of pyridine rings is 1. The molecule has 1 aromatic carbocycles. The summed E-state index contributed by atoms with van der Waals surface area (Å²) < 4.78 is 5.53. The maximum Gasteiger partial charge on any atom is 0.337 e. The van der Waals surface area contributed by atoms with Gasteiger partial charge in [0.15, 0.2) is 0 Å². The Balaban J connectivity index is 1.85. The first-order valence-electron chi connectivity index (χ1n) is 6.06. The second-order valence-corrected chi connectivity index (χ2v) is 4.09. The summed E-state index contributed by atoms with van der Waals surface area (Å²) in [5.74, 6) is -0.953. The van der Waals surface area contributed by atoms with E-state index in [1.54, 1.807) is 18.3 Å². The van der Waals surface area contributed by atoms with Gasteiger partial charge in [-0.25, -0.2) is 4.79 Å². The number of hydrogen-bond acceptors (Lipinski definition) is 3. The van der Waals surface area contributed by atoms with Crippen LogP contribution in [0.2, 0.25) is 0 Å². The number of carboxylic acid groups (broad SMARTS) is 1. The molecule has 1 heterocycles. The van der Waals surface area contributed by atoms with Gasteiger partial charge in [0, 0.05) is 12.6 Å². The van der Waals surface area contributed by atoms with Gasteiger partial charge in [0.2, 0.25) is 0 Å². The van der Waals surface area contributed by atoms with Crippen molar-refractivity contribution < 1.29 is 14.6 Å². The van der Waals surface area contributed by atoms with Crippen molar-refractivity contribution in [1.29, 1.82) is 0 Å². The highest BCUT2D eigenvalue weighted by Gasteiger charge is 2.09. The van der Waals surface area contributed by atoms with Gasteiger partial charge in [0.1, 0.15) is 0 Å². The van der Waals surface area contributed by atoms with E-state index in [1.807, 2.05) is 30.3 Å². The summed E-state index contributed by atoms with van der Waals surface area (Å²) in [6, 6.07) is 13.0. The fraction of sp³-hybridized carbons (Fsp3) is 0.200. The van der Waals surface area contributed by atoms with E-state index in [9.17, 15) is 4.79 Å². The molecule has 0 spiro atoms. The topological polar surface area (TPSA) is 59.4 Å². The Kier molecular flexibility index (Phi) is 4.64. The van der Waals surface area contributed by atoms with Crippen LogP contribution in [0.5, 0.6) is 0 Å². The normalized spacial score (nSPS) is 10.3. The van der Waals surface area contributed by atoms with Gasteiger partial charge >= 0.3 is 5.97 Å². The predicted octanol–water partition coefficient (Wildman–Crippen LogP) is 2.54. The Morgan fingerprint density at radius 1 is 1.16 bits per heavy atom. The van der Waals surface area contributed by atoms with E-state index in [4.69, 9.17) is 9.84 Å². The monoisotopic (exact) mass is 257 g/mol. The molecular weight excluding hydrogens is 242 g/mol. The molecule has 4 nitrogen and oxygen atoms in total. The highest BCUT2D eigenvalue weighted by atomic mass is 16.5. The number of carboxylic acids is 1. The van der Waals surface area contributed by atoms with Gasteiger partial charge in [-0.05, 0) is 17.7 Å². The van der Waals surface area contributed by atoms with Gasteiger partial charge in [-0.1, -0.05) is 30.3 Å². The molecule has 19 heavy (non-hydrogen) atoms. The number of carbonyl (C=O) groups is 1. The highest BCUT2D eigenvalue weighted by Crippen LogP contribution is 2.07. The maximum absolute atomic E-state index is 11.0. The van der Waals surface area contributed by atoms with Crippen LogP contribution in [0.1, 0.15) is 21.6 Å². The molecule has 0 amide bonds. The molecule has 0 radical (unpaired) electrons. The zero-order chi connectivity index (χ0) is 13.5. The molecule has 0 saturated carbocycles. The molecule has 4 heteroatoms. The van der Waals surface area contributed by atoms with Crippen molar-refractivity contribution in [1.82, 2.24) is 4.98 Å². The SMILES string of the molecule is O=C(O)c1cccnc1CCOCc1ccccc1. The van der Waals surface area contributed by atoms with Crippen molar-refractivity contribution in [3.05, 3.63) is 65.5 Å². The lowest BCUT2D eigenvalue weighted by Crippen LogP contribution is -2.08. The van der Waals surface area contributed by atoms with Crippen molar-refractivity contribution in [2.75, 3.05) is 6.61 Å². The maximum atomic E-state index is 11.0. The summed E-state index contributed by atoms with van der Waals surface area (Å²) in [7, 11) is 0. The molecule has 1 aromatic heterocycles. The Morgan fingerprint density at radius 3 is 2.68 bits per heavy atom. The molecule has 0 aliphatic heterocycles.